The second-order valence-electron chi connectivity index (χ2n) is 6.03. The largest absolute Gasteiger partial charge is 0.457 e. The zero-order valence-corrected chi connectivity index (χ0v) is 16.4. The topological polar surface area (TPSA) is 66.0 Å². The molecule has 0 radical (unpaired) electrons. The zero-order valence-electron chi connectivity index (χ0n) is 14.9. The number of carbonyl (C=O) groups excluding carboxylic acids is 1. The summed E-state index contributed by atoms with van der Waals surface area (Å²) >= 11 is 11.8. The van der Waals surface area contributed by atoms with Crippen LogP contribution in [0.3, 0.4) is 0 Å². The Labute approximate surface area is 179 Å². The van der Waals surface area contributed by atoms with E-state index in [1.807, 2.05) is 0 Å². The van der Waals surface area contributed by atoms with Crippen LogP contribution in [0.5, 0.6) is 0 Å². The van der Waals surface area contributed by atoms with Gasteiger partial charge in [-0.05, 0) is 54.6 Å². The number of carbonyl (C=O) groups is 1. The summed E-state index contributed by atoms with van der Waals surface area (Å²) in [4.78, 5) is 12.3. The molecule has 1 N–H and O–H groups in total. The number of anilines is 1. The summed E-state index contributed by atoms with van der Waals surface area (Å²) in [7, 11) is 0. The minimum atomic E-state index is -4.54. The highest BCUT2D eigenvalue weighted by Gasteiger charge is 2.31. The Morgan fingerprint density at radius 3 is 2.40 bits per heavy atom. The fourth-order valence-electron chi connectivity index (χ4n) is 2.49. The summed E-state index contributed by atoms with van der Waals surface area (Å²) in [6, 6.07) is 13.7. The maximum absolute atomic E-state index is 13.0. The average molecular weight is 451 g/mol. The molecule has 1 aromatic heterocycles. The fraction of sp³-hybridized carbons (Fsp3) is 0.0476. The first-order chi connectivity index (χ1) is 14.2. The number of alkyl halides is 3. The lowest BCUT2D eigenvalue weighted by Crippen LogP contribution is -2.13. The predicted octanol–water partition coefficient (Wildman–Crippen LogP) is 6.82. The van der Waals surface area contributed by atoms with E-state index in [9.17, 15) is 23.2 Å². The summed E-state index contributed by atoms with van der Waals surface area (Å²) in [5.74, 6) is -0.524. The second kappa shape index (κ2) is 8.66. The van der Waals surface area contributed by atoms with Gasteiger partial charge in [0.2, 0.25) is 0 Å². The summed E-state index contributed by atoms with van der Waals surface area (Å²) in [6.45, 7) is 0. The fourth-order valence-corrected chi connectivity index (χ4v) is 2.82. The number of halogens is 5. The highest BCUT2D eigenvalue weighted by Crippen LogP contribution is 2.36. The normalized spacial score (nSPS) is 11.8. The molecule has 0 aliphatic rings. The van der Waals surface area contributed by atoms with E-state index in [0.717, 1.165) is 18.2 Å². The van der Waals surface area contributed by atoms with Gasteiger partial charge in [-0.1, -0.05) is 23.2 Å². The highest BCUT2D eigenvalue weighted by molar-refractivity contribution is 6.33. The van der Waals surface area contributed by atoms with E-state index in [2.05, 4.69) is 5.32 Å². The molecular formula is C21H11Cl2F3N2O2. The third kappa shape index (κ3) is 5.03. The quantitative estimate of drug-likeness (QED) is 0.350. The standard InChI is InChI=1S/C21H11Cl2F3N2O2/c22-14-2-4-15(5-3-14)28-20(29)12(11-27)9-16-6-8-19(30-16)17-10-13(21(24,25)26)1-7-18(17)23/h1-10H,(H,28,29). The van der Waals surface area contributed by atoms with Crippen LogP contribution < -0.4 is 5.32 Å². The van der Waals surface area contributed by atoms with Gasteiger partial charge in [0.05, 0.1) is 10.6 Å². The molecule has 0 spiro atoms. The van der Waals surface area contributed by atoms with E-state index >= 15 is 0 Å². The minimum Gasteiger partial charge on any atom is -0.457 e. The van der Waals surface area contributed by atoms with E-state index in [4.69, 9.17) is 27.6 Å². The van der Waals surface area contributed by atoms with Crippen molar-refractivity contribution in [1.29, 1.82) is 5.26 Å². The molecule has 0 fully saturated rings. The molecule has 0 bridgehead atoms. The van der Waals surface area contributed by atoms with Crippen LogP contribution in [0.15, 0.2) is 64.6 Å². The van der Waals surface area contributed by atoms with Crippen molar-refractivity contribution < 1.29 is 22.4 Å². The van der Waals surface area contributed by atoms with Crippen LogP contribution in [-0.4, -0.2) is 5.91 Å². The third-order valence-electron chi connectivity index (χ3n) is 3.94. The van der Waals surface area contributed by atoms with Gasteiger partial charge < -0.3 is 9.73 Å². The number of hydrogen-bond acceptors (Lipinski definition) is 3. The number of nitrogens with zero attached hydrogens (tertiary/aromatic N) is 1. The van der Waals surface area contributed by atoms with E-state index < -0.39 is 17.6 Å². The number of hydrogen-bond donors (Lipinski definition) is 1. The molecule has 1 amide bonds. The molecule has 3 aromatic rings. The van der Waals surface area contributed by atoms with Crippen molar-refractivity contribution in [2.75, 3.05) is 5.32 Å². The second-order valence-corrected chi connectivity index (χ2v) is 6.87. The van der Waals surface area contributed by atoms with Crippen LogP contribution in [-0.2, 0) is 11.0 Å². The summed E-state index contributed by atoms with van der Waals surface area (Å²) in [5.41, 5.74) is -0.673. The molecule has 0 aliphatic carbocycles. The van der Waals surface area contributed by atoms with Crippen LogP contribution >= 0.6 is 23.2 Å². The van der Waals surface area contributed by atoms with E-state index in [0.29, 0.717) is 10.7 Å². The number of rotatable bonds is 4. The Bertz CT molecular complexity index is 1160. The van der Waals surface area contributed by atoms with Crippen molar-refractivity contribution in [3.8, 4) is 17.4 Å². The molecule has 0 saturated carbocycles. The summed E-state index contributed by atoms with van der Waals surface area (Å²) in [5, 5.41) is 12.4. The van der Waals surface area contributed by atoms with Gasteiger partial charge in [-0.3, -0.25) is 4.79 Å². The molecule has 1 heterocycles. The Hall–Kier alpha value is -3.21. The van der Waals surface area contributed by atoms with Crippen molar-refractivity contribution in [3.63, 3.8) is 0 Å². The van der Waals surface area contributed by atoms with Crippen molar-refractivity contribution in [2.24, 2.45) is 0 Å². The molecule has 2 aromatic carbocycles. The molecule has 0 unspecified atom stereocenters. The van der Waals surface area contributed by atoms with E-state index in [-0.39, 0.29) is 27.7 Å². The Kier molecular flexibility index (Phi) is 6.20. The lowest BCUT2D eigenvalue weighted by molar-refractivity contribution is -0.137. The number of nitrogens with one attached hydrogen (secondary N) is 1. The molecule has 9 heteroatoms. The third-order valence-corrected chi connectivity index (χ3v) is 4.52. The highest BCUT2D eigenvalue weighted by atomic mass is 35.5. The Morgan fingerprint density at radius 2 is 1.77 bits per heavy atom. The van der Waals surface area contributed by atoms with Gasteiger partial charge in [0, 0.05) is 22.3 Å². The number of amides is 1. The molecule has 0 saturated heterocycles. The van der Waals surface area contributed by atoms with Gasteiger partial charge >= 0.3 is 6.18 Å². The first-order valence-corrected chi connectivity index (χ1v) is 9.08. The van der Waals surface area contributed by atoms with Crippen molar-refractivity contribution in [2.45, 2.75) is 6.18 Å². The van der Waals surface area contributed by atoms with Crippen molar-refractivity contribution in [3.05, 3.63) is 81.5 Å². The molecule has 0 aliphatic heterocycles. The number of nitriles is 1. The first kappa shape index (κ1) is 21.5. The number of benzene rings is 2. The minimum absolute atomic E-state index is 0.0373. The molecular weight excluding hydrogens is 440 g/mol. The molecule has 152 valence electrons. The van der Waals surface area contributed by atoms with Crippen LogP contribution in [0.25, 0.3) is 17.4 Å². The SMILES string of the molecule is N#CC(=Cc1ccc(-c2cc(C(F)(F)F)ccc2Cl)o1)C(=O)Nc1ccc(Cl)cc1. The van der Waals surface area contributed by atoms with E-state index in [1.54, 1.807) is 30.3 Å². The average Bonchev–Trinajstić information content (AvgIpc) is 3.15. The van der Waals surface area contributed by atoms with Crippen LogP contribution in [0.1, 0.15) is 11.3 Å². The summed E-state index contributed by atoms with van der Waals surface area (Å²) in [6.07, 6.45) is -3.36. The molecule has 3 rings (SSSR count). The monoisotopic (exact) mass is 450 g/mol. The van der Waals surface area contributed by atoms with Gasteiger partial charge in [0.15, 0.2) is 0 Å². The maximum Gasteiger partial charge on any atom is 0.416 e. The summed E-state index contributed by atoms with van der Waals surface area (Å²) < 4.78 is 44.4. The van der Waals surface area contributed by atoms with Gasteiger partial charge in [-0.2, -0.15) is 18.4 Å². The van der Waals surface area contributed by atoms with Gasteiger partial charge in [-0.15, -0.1) is 0 Å². The Morgan fingerprint density at radius 1 is 1.07 bits per heavy atom. The lowest BCUT2D eigenvalue weighted by atomic mass is 10.1. The zero-order chi connectivity index (χ0) is 21.9. The van der Waals surface area contributed by atoms with Crippen molar-refractivity contribution >= 4 is 40.9 Å². The lowest BCUT2D eigenvalue weighted by Gasteiger charge is -2.09. The van der Waals surface area contributed by atoms with Gasteiger partial charge in [0.25, 0.3) is 5.91 Å². The van der Waals surface area contributed by atoms with Crippen LogP contribution in [0.4, 0.5) is 18.9 Å². The van der Waals surface area contributed by atoms with Gasteiger partial charge in [-0.25, -0.2) is 0 Å². The van der Waals surface area contributed by atoms with Gasteiger partial charge in [0.1, 0.15) is 23.2 Å². The molecule has 30 heavy (non-hydrogen) atoms. The van der Waals surface area contributed by atoms with Crippen LogP contribution in [0, 0.1) is 11.3 Å². The smallest absolute Gasteiger partial charge is 0.416 e. The molecule has 0 atom stereocenters. The van der Waals surface area contributed by atoms with E-state index in [1.165, 1.54) is 18.2 Å². The van der Waals surface area contributed by atoms with Crippen LogP contribution in [0.2, 0.25) is 10.0 Å². The molecule has 4 nitrogen and oxygen atoms in total. The number of furan rings is 1. The Balaban J connectivity index is 1.86. The first-order valence-electron chi connectivity index (χ1n) is 8.33. The predicted molar refractivity (Wildman–Crippen MR) is 108 cm³/mol. The van der Waals surface area contributed by atoms with Crippen molar-refractivity contribution in [1.82, 2.24) is 0 Å². The maximum atomic E-state index is 13.0.